The quantitative estimate of drug-likeness (QED) is 0.540. The molecule has 5 nitrogen and oxygen atoms in total. The van der Waals surface area contributed by atoms with Gasteiger partial charge in [-0.05, 0) is 47.4 Å². The van der Waals surface area contributed by atoms with Gasteiger partial charge in [0.25, 0.3) is 15.9 Å². The van der Waals surface area contributed by atoms with Crippen molar-refractivity contribution in [2.75, 3.05) is 0 Å². The number of carbonyl (C=O) groups excluding carboxylic acids is 1. The van der Waals surface area contributed by atoms with Crippen LogP contribution in [0.3, 0.4) is 0 Å². The van der Waals surface area contributed by atoms with Crippen molar-refractivity contribution < 1.29 is 13.2 Å². The van der Waals surface area contributed by atoms with Gasteiger partial charge in [-0.2, -0.15) is 13.5 Å². The van der Waals surface area contributed by atoms with E-state index in [1.54, 1.807) is 24.3 Å². The highest BCUT2D eigenvalue weighted by Crippen LogP contribution is 2.45. The number of fused-ring (bicyclic) bond motifs is 1. The lowest BCUT2D eigenvalue weighted by Crippen LogP contribution is -2.36. The van der Waals surface area contributed by atoms with E-state index in [9.17, 15) is 13.2 Å². The second-order valence-electron chi connectivity index (χ2n) is 7.77. The minimum absolute atomic E-state index is 0.0258. The Balaban J connectivity index is 1.64. The fraction of sp³-hybridized carbons (Fsp3) is 0.120. The summed E-state index contributed by atoms with van der Waals surface area (Å²) in [6.45, 7) is 0. The second-order valence-corrected chi connectivity index (χ2v) is 9.94. The maximum absolute atomic E-state index is 13.5. The predicted molar refractivity (Wildman–Crippen MR) is 125 cm³/mol. The Kier molecular flexibility index (Phi) is 5.19. The van der Waals surface area contributed by atoms with E-state index in [1.807, 2.05) is 54.6 Å². The molecular weight excluding hydrogens is 444 g/mol. The molecule has 1 aliphatic heterocycles. The van der Waals surface area contributed by atoms with Crippen LogP contribution in [0.1, 0.15) is 23.5 Å². The van der Waals surface area contributed by atoms with Crippen LogP contribution in [-0.2, 0) is 14.8 Å². The fourth-order valence-corrected chi connectivity index (χ4v) is 5.86. The normalized spacial score (nSPS) is 20.5. The van der Waals surface area contributed by atoms with Crippen LogP contribution >= 0.6 is 11.6 Å². The maximum Gasteiger partial charge on any atom is 0.286 e. The number of amides is 1. The van der Waals surface area contributed by atoms with E-state index in [2.05, 4.69) is 5.10 Å². The molecule has 2 aliphatic rings. The van der Waals surface area contributed by atoms with Crippen molar-refractivity contribution in [1.29, 1.82) is 0 Å². The van der Waals surface area contributed by atoms with Crippen LogP contribution in [-0.4, -0.2) is 24.5 Å². The zero-order valence-corrected chi connectivity index (χ0v) is 18.5. The van der Waals surface area contributed by atoms with Crippen molar-refractivity contribution in [3.8, 4) is 0 Å². The largest absolute Gasteiger partial charge is 0.286 e. The van der Waals surface area contributed by atoms with Crippen LogP contribution in [0.2, 0.25) is 5.02 Å². The summed E-state index contributed by atoms with van der Waals surface area (Å²) in [6, 6.07) is 25.1. The molecular formula is C25H19ClN2O3S. The highest BCUT2D eigenvalue weighted by Gasteiger charge is 2.48. The Morgan fingerprint density at radius 3 is 2.19 bits per heavy atom. The molecule has 0 radical (unpaired) electrons. The van der Waals surface area contributed by atoms with Gasteiger partial charge in [0.2, 0.25) is 0 Å². The predicted octanol–water partition coefficient (Wildman–Crippen LogP) is 5.11. The number of carbonyl (C=O) groups is 1. The van der Waals surface area contributed by atoms with E-state index in [1.165, 1.54) is 12.1 Å². The molecule has 0 spiro atoms. The molecule has 7 heteroatoms. The molecule has 0 saturated carbocycles. The van der Waals surface area contributed by atoms with E-state index in [0.29, 0.717) is 21.6 Å². The van der Waals surface area contributed by atoms with Crippen molar-refractivity contribution in [3.05, 3.63) is 107 Å². The number of hydrogen-bond donors (Lipinski definition) is 0. The van der Waals surface area contributed by atoms with E-state index >= 15 is 0 Å². The van der Waals surface area contributed by atoms with Crippen molar-refractivity contribution >= 4 is 38.8 Å². The average molecular weight is 463 g/mol. The highest BCUT2D eigenvalue weighted by molar-refractivity contribution is 7.89. The smallest absolute Gasteiger partial charge is 0.271 e. The van der Waals surface area contributed by atoms with Crippen LogP contribution in [0.5, 0.6) is 0 Å². The third-order valence-electron chi connectivity index (χ3n) is 5.86. The van der Waals surface area contributed by atoms with Gasteiger partial charge in [-0.15, -0.1) is 4.41 Å². The third-order valence-corrected chi connectivity index (χ3v) is 7.79. The van der Waals surface area contributed by atoms with Gasteiger partial charge in [0.05, 0.1) is 16.5 Å². The standard InChI is InChI=1S/C25H19ClN2O3S/c26-22-14-8-7-13-20(22)21-15-18(17-9-3-1-4-10-17)16-23-24(21)25(29)28(27-23)32(30,31)19-11-5-2-6-12-19/h1-14,16,21,24H,15H2. The number of sulfonamides is 1. The highest BCUT2D eigenvalue weighted by atomic mass is 35.5. The number of hydrogen-bond acceptors (Lipinski definition) is 4. The SMILES string of the molecule is O=C1C2C(=NN1S(=O)(=O)c1ccccc1)C=C(c1ccccc1)CC2c1ccccc1Cl. The summed E-state index contributed by atoms with van der Waals surface area (Å²) in [6.07, 6.45) is 2.38. The Bertz CT molecular complexity index is 1350. The first-order chi connectivity index (χ1) is 15.5. The van der Waals surface area contributed by atoms with Crippen LogP contribution in [0.4, 0.5) is 0 Å². The monoisotopic (exact) mass is 462 g/mol. The van der Waals surface area contributed by atoms with Crippen LogP contribution < -0.4 is 0 Å². The Morgan fingerprint density at radius 1 is 0.875 bits per heavy atom. The Labute approximate surface area is 191 Å². The molecule has 2 unspecified atom stereocenters. The first-order valence-corrected chi connectivity index (χ1v) is 12.0. The van der Waals surface area contributed by atoms with Gasteiger partial charge in [0, 0.05) is 10.9 Å². The van der Waals surface area contributed by atoms with E-state index < -0.39 is 21.8 Å². The Hall–Kier alpha value is -3.22. The molecule has 32 heavy (non-hydrogen) atoms. The van der Waals surface area contributed by atoms with Gasteiger partial charge in [-0.1, -0.05) is 78.3 Å². The molecule has 1 amide bonds. The number of allylic oxidation sites excluding steroid dienone is 2. The van der Waals surface area contributed by atoms with Gasteiger partial charge >= 0.3 is 0 Å². The molecule has 160 valence electrons. The zero-order chi connectivity index (χ0) is 22.3. The lowest BCUT2D eigenvalue weighted by Gasteiger charge is -2.29. The van der Waals surface area contributed by atoms with Crippen LogP contribution in [0.25, 0.3) is 5.57 Å². The lowest BCUT2D eigenvalue weighted by atomic mass is 9.73. The Morgan fingerprint density at radius 2 is 1.50 bits per heavy atom. The summed E-state index contributed by atoms with van der Waals surface area (Å²) in [5, 5.41) is 4.86. The number of benzene rings is 3. The van der Waals surface area contributed by atoms with Gasteiger partial charge in [-0.25, -0.2) is 0 Å². The van der Waals surface area contributed by atoms with Crippen molar-refractivity contribution in [2.45, 2.75) is 17.2 Å². The van der Waals surface area contributed by atoms with Crippen molar-refractivity contribution in [3.63, 3.8) is 0 Å². The molecule has 0 fully saturated rings. The fourth-order valence-electron chi connectivity index (χ4n) is 4.33. The summed E-state index contributed by atoms with van der Waals surface area (Å²) in [7, 11) is -4.11. The van der Waals surface area contributed by atoms with Gasteiger partial charge < -0.3 is 0 Å². The van der Waals surface area contributed by atoms with Gasteiger partial charge in [0.15, 0.2) is 0 Å². The summed E-state index contributed by atoms with van der Waals surface area (Å²) in [4.78, 5) is 13.5. The molecule has 0 aromatic heterocycles. The number of nitrogens with zero attached hydrogens (tertiary/aromatic N) is 2. The minimum atomic E-state index is -4.11. The molecule has 1 heterocycles. The maximum atomic E-state index is 13.5. The van der Waals surface area contributed by atoms with E-state index in [4.69, 9.17) is 11.6 Å². The van der Waals surface area contributed by atoms with Crippen molar-refractivity contribution in [2.24, 2.45) is 11.0 Å². The lowest BCUT2D eigenvalue weighted by molar-refractivity contribution is -0.127. The number of halogens is 1. The molecule has 0 saturated heterocycles. The number of hydrazone groups is 1. The summed E-state index contributed by atoms with van der Waals surface area (Å²) in [5.74, 6) is -1.61. The first-order valence-electron chi connectivity index (χ1n) is 10.2. The van der Waals surface area contributed by atoms with E-state index in [-0.39, 0.29) is 10.8 Å². The number of rotatable bonds is 4. The van der Waals surface area contributed by atoms with Gasteiger partial charge in [0.1, 0.15) is 0 Å². The molecule has 2 atom stereocenters. The molecule has 5 rings (SSSR count). The summed E-state index contributed by atoms with van der Waals surface area (Å²) >= 11 is 6.51. The minimum Gasteiger partial charge on any atom is -0.271 e. The average Bonchev–Trinajstić information content (AvgIpc) is 3.17. The first kappa shape index (κ1) is 20.7. The second kappa shape index (κ2) is 8.04. The zero-order valence-electron chi connectivity index (χ0n) is 16.9. The molecule has 0 N–H and O–H groups in total. The molecule has 3 aromatic carbocycles. The van der Waals surface area contributed by atoms with Crippen LogP contribution in [0, 0.1) is 5.92 Å². The summed E-state index contributed by atoms with van der Waals surface area (Å²) < 4.78 is 27.1. The van der Waals surface area contributed by atoms with Crippen LogP contribution in [0.15, 0.2) is 101 Å². The topological polar surface area (TPSA) is 66.8 Å². The molecule has 3 aromatic rings. The summed E-state index contributed by atoms with van der Waals surface area (Å²) in [5.41, 5.74) is 3.23. The van der Waals surface area contributed by atoms with Gasteiger partial charge in [-0.3, -0.25) is 4.79 Å². The third kappa shape index (κ3) is 3.45. The van der Waals surface area contributed by atoms with E-state index in [0.717, 1.165) is 16.7 Å². The molecule has 0 bridgehead atoms. The molecule has 1 aliphatic carbocycles. The van der Waals surface area contributed by atoms with Crippen molar-refractivity contribution in [1.82, 2.24) is 4.41 Å².